The van der Waals surface area contributed by atoms with Gasteiger partial charge in [0.05, 0.1) is 29.6 Å². The number of amides is 1. The molecule has 400 valence electrons. The first-order valence-corrected chi connectivity index (χ1v) is 24.7. The number of aliphatic carboxylic acids is 1. The Morgan fingerprint density at radius 1 is 0.853 bits per heavy atom. The largest absolute Gasteiger partial charge is 0.509 e. The normalized spacial score (nSPS) is 28.1. The van der Waals surface area contributed by atoms with Crippen LogP contribution >= 0.6 is 0 Å². The molecular formula is C56H63NO18. The second-order valence-electron chi connectivity index (χ2n) is 20.0. The van der Waals surface area contributed by atoms with Crippen molar-refractivity contribution in [1.82, 2.24) is 5.32 Å². The quantitative estimate of drug-likeness (QED) is 0.0510. The molecule has 2 bridgehead atoms. The Labute approximate surface area is 433 Å². The van der Waals surface area contributed by atoms with E-state index in [1.54, 1.807) is 80.6 Å². The van der Waals surface area contributed by atoms with Gasteiger partial charge in [0.25, 0.3) is 5.91 Å². The second kappa shape index (κ2) is 22.7. The molecule has 11 atom stereocenters. The number of carbonyl (C=O) groups is 8. The highest BCUT2D eigenvalue weighted by atomic mass is 16.7. The first kappa shape index (κ1) is 55.5. The molecule has 1 amide bonds. The number of rotatable bonds is 19. The molecule has 0 radical (unpaired) electrons. The van der Waals surface area contributed by atoms with Crippen LogP contribution in [0.2, 0.25) is 0 Å². The molecule has 0 aromatic heterocycles. The lowest BCUT2D eigenvalue weighted by Crippen LogP contribution is -2.82. The van der Waals surface area contributed by atoms with E-state index < -0.39 is 125 Å². The number of ether oxygens (including phenoxy) is 8. The predicted molar refractivity (Wildman–Crippen MR) is 263 cm³/mol. The van der Waals surface area contributed by atoms with Crippen LogP contribution < -0.4 is 5.32 Å². The third-order valence-corrected chi connectivity index (χ3v) is 15.1. The van der Waals surface area contributed by atoms with Crippen LogP contribution in [0.5, 0.6) is 0 Å². The molecule has 1 aliphatic heterocycles. The Balaban J connectivity index is 1.43. The SMILES string of the molecule is C=CCOC(=O)O[C@@H](C(=O)O[C@H]1C[C@@]2(O)C(OC(=O)c3ccccc3)C3[C@]4(OC(C)=O)COC4C[C@H](OCCCCC(=O)O)[C@@]3(C)C(=O)C(OC(C)=O)C(=C1C)C2(C)C)[C@@H](NC(=O)c1ccccc1)c1ccccc1. The van der Waals surface area contributed by atoms with Crippen molar-refractivity contribution in [3.8, 4) is 0 Å². The summed E-state index contributed by atoms with van der Waals surface area (Å²) in [6.07, 6.45) is -10.1. The van der Waals surface area contributed by atoms with E-state index in [0.29, 0.717) is 5.56 Å². The van der Waals surface area contributed by atoms with Gasteiger partial charge >= 0.3 is 36.0 Å². The minimum Gasteiger partial charge on any atom is -0.481 e. The number of Topliss-reactive ketones (excluding diaryl/α,β-unsaturated/α-hetero) is 1. The summed E-state index contributed by atoms with van der Waals surface area (Å²) in [4.78, 5) is 112. The topological polar surface area (TPSA) is 263 Å². The predicted octanol–water partition coefficient (Wildman–Crippen LogP) is 6.36. The fourth-order valence-electron chi connectivity index (χ4n) is 11.4. The molecule has 4 aliphatic rings. The van der Waals surface area contributed by atoms with Crippen molar-refractivity contribution < 1.29 is 86.5 Å². The minimum atomic E-state index is -2.49. The monoisotopic (exact) mass is 1040 g/mol. The summed E-state index contributed by atoms with van der Waals surface area (Å²) in [6.45, 7) is 11.2. The fourth-order valence-corrected chi connectivity index (χ4v) is 11.4. The van der Waals surface area contributed by atoms with Gasteiger partial charge in [-0.1, -0.05) is 93.2 Å². The second-order valence-corrected chi connectivity index (χ2v) is 20.0. The van der Waals surface area contributed by atoms with Gasteiger partial charge in [0, 0.05) is 50.7 Å². The van der Waals surface area contributed by atoms with Crippen LogP contribution in [0.1, 0.15) is 106 Å². The number of ketones is 1. The maximum atomic E-state index is 16.2. The molecule has 1 saturated heterocycles. The van der Waals surface area contributed by atoms with Crippen molar-refractivity contribution in [2.75, 3.05) is 19.8 Å². The van der Waals surface area contributed by atoms with Gasteiger partial charge in [-0.15, -0.1) is 0 Å². The third-order valence-electron chi connectivity index (χ3n) is 15.1. The van der Waals surface area contributed by atoms with E-state index in [4.69, 9.17) is 37.9 Å². The highest BCUT2D eigenvalue weighted by molar-refractivity contribution is 5.96. The summed E-state index contributed by atoms with van der Waals surface area (Å²) in [5.74, 6) is -8.03. The molecule has 19 heteroatoms. The van der Waals surface area contributed by atoms with Gasteiger partial charge < -0.3 is 53.4 Å². The molecule has 4 unspecified atom stereocenters. The lowest BCUT2D eigenvalue weighted by atomic mass is 9.44. The van der Waals surface area contributed by atoms with E-state index in [1.807, 2.05) is 0 Å². The number of carboxylic acid groups (broad SMARTS) is 1. The average Bonchev–Trinajstić information content (AvgIpc) is 3.37. The van der Waals surface area contributed by atoms with Crippen LogP contribution in [0.3, 0.4) is 0 Å². The number of hydrogen-bond donors (Lipinski definition) is 3. The summed E-state index contributed by atoms with van der Waals surface area (Å²) in [7, 11) is 0. The van der Waals surface area contributed by atoms with Crippen LogP contribution in [0, 0.1) is 16.7 Å². The third kappa shape index (κ3) is 11.0. The van der Waals surface area contributed by atoms with Crippen molar-refractivity contribution in [2.24, 2.45) is 16.7 Å². The van der Waals surface area contributed by atoms with E-state index in [0.717, 1.165) is 13.8 Å². The van der Waals surface area contributed by atoms with Gasteiger partial charge in [0.1, 0.15) is 36.6 Å². The zero-order valence-corrected chi connectivity index (χ0v) is 42.6. The van der Waals surface area contributed by atoms with Gasteiger partial charge in [0.2, 0.25) is 6.10 Å². The summed E-state index contributed by atoms with van der Waals surface area (Å²) in [5.41, 5.74) is -7.46. The number of benzene rings is 3. The maximum absolute atomic E-state index is 16.2. The van der Waals surface area contributed by atoms with E-state index in [2.05, 4.69) is 11.9 Å². The molecule has 7 rings (SSSR count). The summed E-state index contributed by atoms with van der Waals surface area (Å²) in [5, 5.41) is 26.3. The maximum Gasteiger partial charge on any atom is 0.509 e. The zero-order valence-electron chi connectivity index (χ0n) is 42.6. The van der Waals surface area contributed by atoms with Gasteiger partial charge in [0.15, 0.2) is 17.5 Å². The smallest absolute Gasteiger partial charge is 0.481 e. The molecular weight excluding hydrogens is 975 g/mol. The summed E-state index contributed by atoms with van der Waals surface area (Å²) < 4.78 is 48.8. The molecule has 3 aromatic rings. The lowest BCUT2D eigenvalue weighted by Gasteiger charge is -2.67. The van der Waals surface area contributed by atoms with E-state index in [-0.39, 0.29) is 67.8 Å². The van der Waals surface area contributed by atoms with Gasteiger partial charge in [-0.25, -0.2) is 14.4 Å². The molecule has 75 heavy (non-hydrogen) atoms. The van der Waals surface area contributed by atoms with Gasteiger partial charge in [-0.05, 0) is 67.7 Å². The number of aliphatic hydroxyl groups is 1. The van der Waals surface area contributed by atoms with Crippen molar-refractivity contribution in [1.29, 1.82) is 0 Å². The number of hydrogen-bond acceptors (Lipinski definition) is 17. The van der Waals surface area contributed by atoms with Gasteiger partial charge in [-0.3, -0.25) is 24.0 Å². The molecule has 3 aromatic carbocycles. The van der Waals surface area contributed by atoms with Crippen molar-refractivity contribution in [2.45, 2.75) is 128 Å². The molecule has 19 nitrogen and oxygen atoms in total. The van der Waals surface area contributed by atoms with Crippen LogP contribution in [0.15, 0.2) is 115 Å². The first-order chi connectivity index (χ1) is 35.6. The highest BCUT2D eigenvalue weighted by Gasteiger charge is 2.78. The van der Waals surface area contributed by atoms with Gasteiger partial charge in [-0.2, -0.15) is 0 Å². The first-order valence-electron chi connectivity index (χ1n) is 24.7. The average molecular weight is 1040 g/mol. The number of carboxylic acids is 1. The number of nitrogens with one attached hydrogen (secondary N) is 1. The Morgan fingerprint density at radius 2 is 1.48 bits per heavy atom. The zero-order chi connectivity index (χ0) is 54.5. The summed E-state index contributed by atoms with van der Waals surface area (Å²) in [6, 6.07) is 22.5. The van der Waals surface area contributed by atoms with E-state index >= 15 is 9.59 Å². The summed E-state index contributed by atoms with van der Waals surface area (Å²) >= 11 is 0. The molecule has 1 heterocycles. The fraction of sp³-hybridized carbons (Fsp3) is 0.464. The van der Waals surface area contributed by atoms with Crippen LogP contribution in [0.4, 0.5) is 4.79 Å². The molecule has 3 fully saturated rings. The van der Waals surface area contributed by atoms with Crippen molar-refractivity contribution in [3.05, 3.63) is 131 Å². The Hall–Kier alpha value is -7.22. The number of unbranched alkanes of at least 4 members (excludes halogenated alkanes) is 1. The van der Waals surface area contributed by atoms with Crippen molar-refractivity contribution >= 4 is 47.7 Å². The Bertz CT molecular complexity index is 2690. The number of carbonyl (C=O) groups excluding carboxylic acids is 7. The molecule has 2 saturated carbocycles. The van der Waals surface area contributed by atoms with Crippen LogP contribution in [-0.4, -0.2) is 126 Å². The molecule has 0 spiro atoms. The minimum absolute atomic E-state index is 0.0374. The number of esters is 4. The van der Waals surface area contributed by atoms with Crippen LogP contribution in [0.25, 0.3) is 0 Å². The molecule has 3 aliphatic carbocycles. The van der Waals surface area contributed by atoms with E-state index in [1.165, 1.54) is 44.2 Å². The standard InChI is InChI=1S/C56H63NO18/c1-8-27-69-52(66)73-45(43(35-20-12-9-13-21-35)57-49(63)36-22-14-10-15-23-36)51(65)72-38-30-56(67)48(74-50(64)37-24-16-11-17-25-37)46-54(7,47(62)44(71-33(3)58)42(32(38)2)53(56,5)6)39(68-28-19-18-26-41(60)61)29-40-55(46,31-70-40)75-34(4)59/h8-17,20-25,38-40,43-46,48,67H,1,18-19,26-31H2,2-7H3,(H,57,63)(H,60,61)/t38-,39-,40?,43-,44?,45+,46?,48?,54+,55-,56+/m0/s1. The van der Waals surface area contributed by atoms with Crippen LogP contribution in [-0.2, 0) is 61.9 Å². The Kier molecular flexibility index (Phi) is 16.8. The lowest BCUT2D eigenvalue weighted by molar-refractivity contribution is -0.348. The number of fused-ring (bicyclic) bond motifs is 5. The van der Waals surface area contributed by atoms with Crippen molar-refractivity contribution in [3.63, 3.8) is 0 Å². The Morgan fingerprint density at radius 3 is 2.05 bits per heavy atom. The molecule has 3 N–H and O–H groups in total. The van der Waals surface area contributed by atoms with E-state index in [9.17, 15) is 39.0 Å². The highest BCUT2D eigenvalue weighted by Crippen LogP contribution is 2.65.